The molecule has 0 saturated heterocycles. The van der Waals surface area contributed by atoms with Gasteiger partial charge in [0, 0.05) is 12.2 Å². The van der Waals surface area contributed by atoms with E-state index < -0.39 is 10.0 Å². The zero-order valence-electron chi connectivity index (χ0n) is 10.3. The van der Waals surface area contributed by atoms with Gasteiger partial charge in [0.05, 0.1) is 5.75 Å². The first-order valence-electron chi connectivity index (χ1n) is 5.79. The quantitative estimate of drug-likeness (QED) is 0.816. The van der Waals surface area contributed by atoms with Gasteiger partial charge in [0.2, 0.25) is 10.0 Å². The number of rotatable bonds is 6. The molecule has 0 heterocycles. The van der Waals surface area contributed by atoms with Gasteiger partial charge in [-0.2, -0.15) is 0 Å². The van der Waals surface area contributed by atoms with Gasteiger partial charge in [0.1, 0.15) is 0 Å². The molecule has 17 heavy (non-hydrogen) atoms. The maximum atomic E-state index is 11.5. The lowest BCUT2D eigenvalue weighted by Crippen LogP contribution is -2.22. The summed E-state index contributed by atoms with van der Waals surface area (Å²) >= 11 is 0. The number of hydrogen-bond acceptors (Lipinski definition) is 3. The highest BCUT2D eigenvalue weighted by molar-refractivity contribution is 7.92. The first kappa shape index (κ1) is 14.0. The Bertz CT molecular complexity index is 440. The fourth-order valence-corrected chi connectivity index (χ4v) is 2.41. The normalized spacial score (nSPS) is 13.4. The van der Waals surface area contributed by atoms with Crippen LogP contribution in [0.15, 0.2) is 24.3 Å². The predicted molar refractivity (Wildman–Crippen MR) is 71.6 cm³/mol. The Morgan fingerprint density at radius 3 is 2.35 bits per heavy atom. The lowest BCUT2D eigenvalue weighted by atomic mass is 9.99. The highest BCUT2D eigenvalue weighted by Gasteiger charge is 2.09. The number of sulfonamides is 1. The molecule has 0 aliphatic rings. The van der Waals surface area contributed by atoms with E-state index in [1.165, 1.54) is 5.56 Å². The van der Waals surface area contributed by atoms with E-state index >= 15 is 0 Å². The molecular formula is C12H20N2O2S. The Hall–Kier alpha value is -1.07. The molecular weight excluding hydrogens is 236 g/mol. The van der Waals surface area contributed by atoms with Crippen molar-refractivity contribution in [2.24, 2.45) is 5.73 Å². The van der Waals surface area contributed by atoms with Crippen molar-refractivity contribution in [3.8, 4) is 0 Å². The van der Waals surface area contributed by atoms with Crippen molar-refractivity contribution in [1.82, 2.24) is 0 Å². The summed E-state index contributed by atoms with van der Waals surface area (Å²) in [6.45, 7) is 4.40. The molecule has 0 fully saturated rings. The van der Waals surface area contributed by atoms with Gasteiger partial charge < -0.3 is 5.73 Å². The summed E-state index contributed by atoms with van der Waals surface area (Å²) in [6.07, 6.45) is 1.07. The van der Waals surface area contributed by atoms with Gasteiger partial charge in [-0.1, -0.05) is 26.0 Å². The molecule has 0 aromatic heterocycles. The summed E-state index contributed by atoms with van der Waals surface area (Å²) in [7, 11) is -3.30. The third kappa shape index (κ3) is 4.36. The first-order chi connectivity index (χ1) is 7.98. The molecule has 0 radical (unpaired) electrons. The molecule has 1 aromatic rings. The number of anilines is 1. The van der Waals surface area contributed by atoms with Crippen molar-refractivity contribution in [3.63, 3.8) is 0 Å². The summed E-state index contributed by atoms with van der Waals surface area (Å²) in [5, 5.41) is 0. The Kier molecular flexibility index (Phi) is 4.96. The predicted octanol–water partition coefficient (Wildman–Crippen LogP) is 1.90. The Morgan fingerprint density at radius 2 is 1.88 bits per heavy atom. The Labute approximate surface area is 103 Å². The molecule has 0 amide bonds. The maximum Gasteiger partial charge on any atom is 0.233 e. The fraction of sp³-hybridized carbons (Fsp3) is 0.500. The second-order valence-corrected chi connectivity index (χ2v) is 5.98. The van der Waals surface area contributed by atoms with Gasteiger partial charge in [-0.25, -0.2) is 8.42 Å². The van der Waals surface area contributed by atoms with Gasteiger partial charge in [-0.3, -0.25) is 4.72 Å². The first-order valence-corrected chi connectivity index (χ1v) is 7.44. The van der Waals surface area contributed by atoms with Crippen LogP contribution in [0, 0.1) is 0 Å². The average Bonchev–Trinajstić information content (AvgIpc) is 2.28. The van der Waals surface area contributed by atoms with Crippen LogP contribution in [-0.4, -0.2) is 20.7 Å². The Morgan fingerprint density at radius 1 is 1.29 bits per heavy atom. The fourth-order valence-electron chi connectivity index (χ4n) is 1.50. The molecule has 0 bridgehead atoms. The van der Waals surface area contributed by atoms with E-state index in [2.05, 4.69) is 18.6 Å². The van der Waals surface area contributed by atoms with Crippen molar-refractivity contribution >= 4 is 15.7 Å². The molecule has 96 valence electrons. The van der Waals surface area contributed by atoms with Crippen LogP contribution in [-0.2, 0) is 10.0 Å². The van der Waals surface area contributed by atoms with Crippen molar-refractivity contribution in [1.29, 1.82) is 0 Å². The molecule has 0 aliphatic heterocycles. The molecule has 1 rings (SSSR count). The van der Waals surface area contributed by atoms with Crippen LogP contribution in [0.2, 0.25) is 0 Å². The molecule has 0 aliphatic carbocycles. The van der Waals surface area contributed by atoms with E-state index in [-0.39, 0.29) is 12.3 Å². The number of hydrogen-bond donors (Lipinski definition) is 2. The van der Waals surface area contributed by atoms with Gasteiger partial charge in [0.25, 0.3) is 0 Å². The smallest absolute Gasteiger partial charge is 0.233 e. The summed E-state index contributed by atoms with van der Waals surface area (Å²) < 4.78 is 25.5. The van der Waals surface area contributed by atoms with Crippen LogP contribution in [0.5, 0.6) is 0 Å². The molecule has 1 aromatic carbocycles. The summed E-state index contributed by atoms with van der Waals surface area (Å²) in [4.78, 5) is 0. The zero-order valence-corrected chi connectivity index (χ0v) is 11.1. The van der Waals surface area contributed by atoms with Crippen molar-refractivity contribution < 1.29 is 8.42 Å². The summed E-state index contributed by atoms with van der Waals surface area (Å²) in [5.41, 5.74) is 7.04. The molecule has 1 atom stereocenters. The van der Waals surface area contributed by atoms with Gasteiger partial charge in [-0.15, -0.1) is 0 Å². The van der Waals surface area contributed by atoms with Crippen LogP contribution < -0.4 is 10.5 Å². The van der Waals surface area contributed by atoms with Crippen LogP contribution >= 0.6 is 0 Å². The van der Waals surface area contributed by atoms with E-state index in [4.69, 9.17) is 5.73 Å². The second-order valence-electron chi connectivity index (χ2n) is 4.14. The zero-order chi connectivity index (χ0) is 12.9. The minimum absolute atomic E-state index is 0.0554. The van der Waals surface area contributed by atoms with Gasteiger partial charge >= 0.3 is 0 Å². The lowest BCUT2D eigenvalue weighted by Gasteiger charge is -2.11. The van der Waals surface area contributed by atoms with Crippen LogP contribution in [0.3, 0.4) is 0 Å². The molecule has 5 heteroatoms. The van der Waals surface area contributed by atoms with E-state index in [1.807, 2.05) is 12.1 Å². The highest BCUT2D eigenvalue weighted by atomic mass is 32.2. The van der Waals surface area contributed by atoms with Crippen molar-refractivity contribution in [2.45, 2.75) is 26.2 Å². The summed E-state index contributed by atoms with van der Waals surface area (Å²) in [5.74, 6) is 0.435. The summed E-state index contributed by atoms with van der Waals surface area (Å²) in [6, 6.07) is 7.48. The van der Waals surface area contributed by atoms with Gasteiger partial charge in [-0.05, 0) is 30.0 Å². The van der Waals surface area contributed by atoms with E-state index in [9.17, 15) is 8.42 Å². The molecule has 4 nitrogen and oxygen atoms in total. The monoisotopic (exact) mass is 256 g/mol. The minimum Gasteiger partial charge on any atom is -0.329 e. The van der Waals surface area contributed by atoms with Crippen molar-refractivity contribution in [2.75, 3.05) is 17.0 Å². The standard InChI is InChI=1S/C12H20N2O2S/c1-3-10(2)11-4-6-12(7-5-11)14-17(15,16)9-8-13/h4-7,10,14H,3,8-9,13H2,1-2H3. The third-order valence-corrected chi connectivity index (χ3v) is 4.07. The van der Waals surface area contributed by atoms with Gasteiger partial charge in [0.15, 0.2) is 0 Å². The second kappa shape index (κ2) is 6.02. The molecule has 3 N–H and O–H groups in total. The topological polar surface area (TPSA) is 72.2 Å². The third-order valence-electron chi connectivity index (χ3n) is 2.75. The SMILES string of the molecule is CCC(C)c1ccc(NS(=O)(=O)CCN)cc1. The van der Waals surface area contributed by atoms with E-state index in [1.54, 1.807) is 12.1 Å². The number of benzene rings is 1. The minimum atomic E-state index is -3.30. The van der Waals surface area contributed by atoms with Crippen LogP contribution in [0.25, 0.3) is 0 Å². The molecule has 0 saturated carbocycles. The van der Waals surface area contributed by atoms with Crippen molar-refractivity contribution in [3.05, 3.63) is 29.8 Å². The largest absolute Gasteiger partial charge is 0.329 e. The van der Waals surface area contributed by atoms with E-state index in [0.29, 0.717) is 11.6 Å². The van der Waals surface area contributed by atoms with E-state index in [0.717, 1.165) is 6.42 Å². The van der Waals surface area contributed by atoms with Crippen LogP contribution in [0.4, 0.5) is 5.69 Å². The molecule has 1 unspecified atom stereocenters. The van der Waals surface area contributed by atoms with Crippen LogP contribution in [0.1, 0.15) is 31.7 Å². The maximum absolute atomic E-state index is 11.5. The lowest BCUT2D eigenvalue weighted by molar-refractivity contribution is 0.601. The molecule has 0 spiro atoms. The Balaban J connectivity index is 2.75. The number of nitrogens with one attached hydrogen (secondary N) is 1. The average molecular weight is 256 g/mol. The highest BCUT2D eigenvalue weighted by Crippen LogP contribution is 2.20. The number of nitrogens with two attached hydrogens (primary N) is 1.